The van der Waals surface area contributed by atoms with Gasteiger partial charge in [-0.15, -0.1) is 0 Å². The minimum atomic E-state index is -0.629. The number of hydrogen-bond donors (Lipinski definition) is 2. The highest BCUT2D eigenvalue weighted by atomic mass is 19.1. The molecular formula is C36H43F2N7O3. The third-order valence-corrected chi connectivity index (χ3v) is 9.93. The molecule has 0 radical (unpaired) electrons. The van der Waals surface area contributed by atoms with E-state index in [0.29, 0.717) is 53.3 Å². The predicted octanol–water partition coefficient (Wildman–Crippen LogP) is 5.87. The van der Waals surface area contributed by atoms with Gasteiger partial charge in [0.25, 0.3) is 0 Å². The SMILES string of the molecule is C=CC(=O)Nc1cc(Nc2cc(N3OCCC3c3cc(F)cc(F)c3)ccn2)c(OC)cc1N1CCC(N2CCN(C3CC3)CC2)CC1. The quantitative estimate of drug-likeness (QED) is 0.260. The Morgan fingerprint density at radius 1 is 0.917 bits per heavy atom. The van der Waals surface area contributed by atoms with E-state index in [-0.39, 0.29) is 11.9 Å². The van der Waals surface area contributed by atoms with E-state index in [1.54, 1.807) is 30.5 Å². The molecule has 48 heavy (non-hydrogen) atoms. The fourth-order valence-electron chi connectivity index (χ4n) is 7.32. The first-order valence-electron chi connectivity index (χ1n) is 16.9. The van der Waals surface area contributed by atoms with Crippen LogP contribution in [0.3, 0.4) is 0 Å². The third-order valence-electron chi connectivity index (χ3n) is 9.93. The van der Waals surface area contributed by atoms with Gasteiger partial charge in [-0.25, -0.2) is 18.8 Å². The Morgan fingerprint density at radius 3 is 2.25 bits per heavy atom. The van der Waals surface area contributed by atoms with Crippen molar-refractivity contribution in [1.82, 2.24) is 14.8 Å². The Morgan fingerprint density at radius 2 is 1.60 bits per heavy atom. The molecule has 1 aromatic heterocycles. The second-order valence-electron chi connectivity index (χ2n) is 13.0. The van der Waals surface area contributed by atoms with Crippen molar-refractivity contribution >= 4 is 34.5 Å². The molecule has 0 spiro atoms. The van der Waals surface area contributed by atoms with Crippen molar-refractivity contribution in [2.75, 3.05) is 73.6 Å². The van der Waals surface area contributed by atoms with E-state index < -0.39 is 11.6 Å². The second-order valence-corrected chi connectivity index (χ2v) is 13.0. The van der Waals surface area contributed by atoms with Crippen molar-refractivity contribution < 1.29 is 23.1 Å². The number of ether oxygens (including phenoxy) is 1. The van der Waals surface area contributed by atoms with Gasteiger partial charge in [-0.1, -0.05) is 6.58 Å². The van der Waals surface area contributed by atoms with Gasteiger partial charge in [-0.3, -0.25) is 19.4 Å². The molecule has 3 aromatic rings. The summed E-state index contributed by atoms with van der Waals surface area (Å²) >= 11 is 0. The molecule has 1 aliphatic carbocycles. The van der Waals surface area contributed by atoms with Gasteiger partial charge in [0, 0.05) is 82.2 Å². The van der Waals surface area contributed by atoms with Crippen molar-refractivity contribution in [1.29, 1.82) is 0 Å². The monoisotopic (exact) mass is 659 g/mol. The Kier molecular flexibility index (Phi) is 9.47. The van der Waals surface area contributed by atoms with Gasteiger partial charge in [-0.05, 0) is 61.6 Å². The van der Waals surface area contributed by atoms with Crippen LogP contribution in [0.2, 0.25) is 0 Å². The highest BCUT2D eigenvalue weighted by Gasteiger charge is 2.34. The van der Waals surface area contributed by atoms with Crippen LogP contribution in [0.1, 0.15) is 43.7 Å². The number of hydroxylamine groups is 1. The number of methoxy groups -OCH3 is 1. The molecule has 3 aliphatic heterocycles. The zero-order valence-corrected chi connectivity index (χ0v) is 27.3. The van der Waals surface area contributed by atoms with E-state index in [1.165, 1.54) is 44.1 Å². The van der Waals surface area contributed by atoms with Gasteiger partial charge in [0.2, 0.25) is 5.91 Å². The Bertz CT molecular complexity index is 1620. The van der Waals surface area contributed by atoms with E-state index in [0.717, 1.165) is 56.8 Å². The van der Waals surface area contributed by atoms with Crippen LogP contribution < -0.4 is 25.3 Å². The molecular weight excluding hydrogens is 616 g/mol. The van der Waals surface area contributed by atoms with E-state index in [2.05, 4.69) is 36.9 Å². The maximum Gasteiger partial charge on any atom is 0.247 e. The normalized spacial score (nSPS) is 20.9. The number of amides is 1. The first kappa shape index (κ1) is 32.3. The van der Waals surface area contributed by atoms with Crippen LogP contribution in [-0.4, -0.2) is 85.8 Å². The van der Waals surface area contributed by atoms with E-state index in [4.69, 9.17) is 9.57 Å². The lowest BCUT2D eigenvalue weighted by molar-refractivity contribution is -0.111. The maximum absolute atomic E-state index is 14.0. The van der Waals surface area contributed by atoms with Gasteiger partial charge in [-0.2, -0.15) is 0 Å². The zero-order valence-electron chi connectivity index (χ0n) is 27.3. The number of hydrogen-bond acceptors (Lipinski definition) is 9. The summed E-state index contributed by atoms with van der Waals surface area (Å²) in [7, 11) is 1.62. The second kappa shape index (κ2) is 14.1. The van der Waals surface area contributed by atoms with Crippen LogP contribution in [0.25, 0.3) is 0 Å². The molecule has 7 rings (SSSR count). The summed E-state index contributed by atoms with van der Waals surface area (Å²) in [5.74, 6) is -0.466. The molecule has 2 aromatic carbocycles. The number of rotatable bonds is 10. The Labute approximate surface area is 280 Å². The molecule has 1 amide bonds. The minimum absolute atomic E-state index is 0.304. The summed E-state index contributed by atoms with van der Waals surface area (Å²) in [4.78, 5) is 30.6. The van der Waals surface area contributed by atoms with Crippen LogP contribution >= 0.6 is 0 Å². The van der Waals surface area contributed by atoms with Crippen molar-refractivity contribution in [2.45, 2.75) is 50.2 Å². The maximum atomic E-state index is 14.0. The average molecular weight is 660 g/mol. The van der Waals surface area contributed by atoms with Crippen LogP contribution in [0.4, 0.5) is 37.3 Å². The molecule has 1 unspecified atom stereocenters. The molecule has 12 heteroatoms. The van der Waals surface area contributed by atoms with Gasteiger partial charge < -0.3 is 20.3 Å². The summed E-state index contributed by atoms with van der Waals surface area (Å²) in [5.41, 5.74) is 3.32. The molecule has 2 N–H and O–H groups in total. The fourth-order valence-corrected chi connectivity index (χ4v) is 7.32. The molecule has 10 nitrogen and oxygen atoms in total. The van der Waals surface area contributed by atoms with Crippen LogP contribution in [-0.2, 0) is 9.63 Å². The predicted molar refractivity (Wildman–Crippen MR) is 183 cm³/mol. The number of anilines is 5. The standard InChI is InChI=1S/C36H43F2N7O3/c1-3-36(46)41-30-22-31(40-35-21-29(6-10-39-35)45-32(9-17-48-45)24-18-25(37)20-26(38)19-24)34(47-2)23-33(30)44-11-7-28(8-12-44)43-15-13-42(14-16-43)27-4-5-27/h3,6,10,18-23,27-28,32H,1,4-5,7-9,11-17H2,2H3,(H,39,40)(H,41,46). The summed E-state index contributed by atoms with van der Waals surface area (Å²) in [6, 6.07) is 12.0. The van der Waals surface area contributed by atoms with Gasteiger partial charge in [0.05, 0.1) is 42.5 Å². The zero-order chi connectivity index (χ0) is 33.2. The van der Waals surface area contributed by atoms with Crippen LogP contribution in [0.15, 0.2) is 61.3 Å². The van der Waals surface area contributed by atoms with Crippen molar-refractivity contribution in [3.8, 4) is 5.75 Å². The summed E-state index contributed by atoms with van der Waals surface area (Å²) < 4.78 is 33.9. The number of carbonyl (C=O) groups excluding carboxylic acids is 1. The highest BCUT2D eigenvalue weighted by Crippen LogP contribution is 2.41. The minimum Gasteiger partial charge on any atom is -0.494 e. The lowest BCUT2D eigenvalue weighted by Crippen LogP contribution is -2.53. The van der Waals surface area contributed by atoms with Crippen molar-refractivity contribution in [3.63, 3.8) is 0 Å². The smallest absolute Gasteiger partial charge is 0.247 e. The van der Waals surface area contributed by atoms with Gasteiger partial charge >= 0.3 is 0 Å². The van der Waals surface area contributed by atoms with Gasteiger partial charge in [0.1, 0.15) is 23.2 Å². The van der Waals surface area contributed by atoms with E-state index in [9.17, 15) is 13.6 Å². The molecule has 4 aliphatic rings. The van der Waals surface area contributed by atoms with Gasteiger partial charge in [0.15, 0.2) is 0 Å². The topological polar surface area (TPSA) is 85.4 Å². The molecule has 4 fully saturated rings. The molecule has 1 saturated carbocycles. The number of pyridine rings is 1. The molecule has 254 valence electrons. The molecule has 1 atom stereocenters. The highest BCUT2D eigenvalue weighted by molar-refractivity contribution is 6.02. The molecule has 4 heterocycles. The van der Waals surface area contributed by atoms with Crippen molar-refractivity contribution in [2.24, 2.45) is 0 Å². The van der Waals surface area contributed by atoms with Crippen LogP contribution in [0.5, 0.6) is 5.75 Å². The molecule has 0 bridgehead atoms. The molecule has 3 saturated heterocycles. The fraction of sp³-hybridized carbons (Fsp3) is 0.444. The first-order chi connectivity index (χ1) is 23.4. The Balaban J connectivity index is 1.08. The number of benzene rings is 2. The van der Waals surface area contributed by atoms with Crippen LogP contribution in [0, 0.1) is 11.6 Å². The Hall–Kier alpha value is -4.26. The van der Waals surface area contributed by atoms with E-state index in [1.807, 2.05) is 12.1 Å². The van der Waals surface area contributed by atoms with Crippen molar-refractivity contribution in [3.05, 3.63) is 78.5 Å². The number of piperidine rings is 1. The number of piperazine rings is 1. The summed E-state index contributed by atoms with van der Waals surface area (Å²) in [6.45, 7) is 10.4. The summed E-state index contributed by atoms with van der Waals surface area (Å²) in [5, 5.41) is 8.00. The average Bonchev–Trinajstić information content (AvgIpc) is 3.83. The number of carbonyl (C=O) groups is 1. The number of nitrogens with zero attached hydrogens (tertiary/aromatic N) is 5. The number of nitrogens with one attached hydrogen (secondary N) is 2. The largest absolute Gasteiger partial charge is 0.494 e. The lowest BCUT2D eigenvalue weighted by Gasteiger charge is -2.43. The lowest BCUT2D eigenvalue weighted by atomic mass is 10.0. The number of aromatic nitrogens is 1. The van der Waals surface area contributed by atoms with E-state index >= 15 is 0 Å². The first-order valence-corrected chi connectivity index (χ1v) is 16.9. The third kappa shape index (κ3) is 7.11. The number of halogens is 2. The summed E-state index contributed by atoms with van der Waals surface area (Å²) in [6.07, 6.45) is 8.30.